The van der Waals surface area contributed by atoms with E-state index < -0.39 is 5.54 Å². The fraction of sp³-hybridized carbons (Fsp3) is 0.633. The van der Waals surface area contributed by atoms with Crippen LogP contribution in [-0.4, -0.2) is 71.7 Å². The number of primary amides is 1. The average molecular weight is 522 g/mol. The lowest BCUT2D eigenvalue weighted by Gasteiger charge is -2.48. The van der Waals surface area contributed by atoms with Crippen LogP contribution in [0.4, 0.5) is 11.4 Å². The number of piperidine rings is 2. The van der Waals surface area contributed by atoms with Crippen molar-refractivity contribution >= 4 is 29.0 Å². The predicted octanol–water partition coefficient (Wildman–Crippen LogP) is 3.67. The molecule has 3 N–H and O–H groups in total. The minimum atomic E-state index is -0.649. The van der Waals surface area contributed by atoms with Crippen molar-refractivity contribution in [2.24, 2.45) is 11.1 Å². The van der Waals surface area contributed by atoms with E-state index in [1.807, 2.05) is 29.2 Å². The number of hydrogen-bond acceptors (Lipinski definition) is 6. The molecular formula is C30H43N5O3. The predicted molar refractivity (Wildman–Crippen MR) is 150 cm³/mol. The van der Waals surface area contributed by atoms with Gasteiger partial charge in [0.2, 0.25) is 11.8 Å². The first-order valence-corrected chi connectivity index (χ1v) is 14.4. The molecule has 5 rings (SSSR count). The van der Waals surface area contributed by atoms with Gasteiger partial charge in [0.05, 0.1) is 24.0 Å². The fourth-order valence-electron chi connectivity index (χ4n) is 7.18. The summed E-state index contributed by atoms with van der Waals surface area (Å²) in [5.74, 6) is -0.0579. The van der Waals surface area contributed by atoms with E-state index in [0.29, 0.717) is 32.4 Å². The molecule has 1 unspecified atom stereocenters. The molecule has 206 valence electrons. The van der Waals surface area contributed by atoms with E-state index in [0.717, 1.165) is 61.4 Å². The summed E-state index contributed by atoms with van der Waals surface area (Å²) in [6.45, 7) is 9.40. The Morgan fingerprint density at radius 2 is 1.71 bits per heavy atom. The lowest BCUT2D eigenvalue weighted by molar-refractivity contribution is -0.141. The number of amides is 2. The monoisotopic (exact) mass is 521 g/mol. The first-order chi connectivity index (χ1) is 18.1. The largest absolute Gasteiger partial charge is 0.368 e. The SMILES string of the molecule is CCC1C2=C(CC(C)(C)CC2=O)Nc2ccccc2N1CC(=O)N1CCC(C(N)=O)(N2CCCCC2)CC1. The second-order valence-corrected chi connectivity index (χ2v) is 12.4. The molecule has 2 saturated heterocycles. The van der Waals surface area contributed by atoms with Crippen molar-refractivity contribution in [3.63, 3.8) is 0 Å². The maximum absolute atomic E-state index is 13.8. The van der Waals surface area contributed by atoms with Gasteiger partial charge in [-0.1, -0.05) is 39.3 Å². The van der Waals surface area contributed by atoms with Gasteiger partial charge in [-0.3, -0.25) is 19.3 Å². The van der Waals surface area contributed by atoms with Crippen LogP contribution in [0.5, 0.6) is 0 Å². The molecule has 1 atom stereocenters. The Morgan fingerprint density at radius 1 is 1.03 bits per heavy atom. The fourth-order valence-corrected chi connectivity index (χ4v) is 7.18. The normalized spacial score (nSPS) is 25.2. The van der Waals surface area contributed by atoms with Crippen LogP contribution in [0.3, 0.4) is 0 Å². The van der Waals surface area contributed by atoms with Crippen molar-refractivity contribution in [3.05, 3.63) is 35.5 Å². The van der Waals surface area contributed by atoms with E-state index in [1.165, 1.54) is 6.42 Å². The third kappa shape index (κ3) is 4.83. The van der Waals surface area contributed by atoms with Crippen LogP contribution in [0.2, 0.25) is 0 Å². The van der Waals surface area contributed by atoms with E-state index in [1.54, 1.807) is 0 Å². The molecular weight excluding hydrogens is 478 g/mol. The maximum Gasteiger partial charge on any atom is 0.242 e. The van der Waals surface area contributed by atoms with Crippen molar-refractivity contribution in [2.75, 3.05) is 42.9 Å². The molecule has 2 fully saturated rings. The summed E-state index contributed by atoms with van der Waals surface area (Å²) in [6, 6.07) is 7.88. The summed E-state index contributed by atoms with van der Waals surface area (Å²) in [5.41, 5.74) is 8.92. The van der Waals surface area contributed by atoms with Gasteiger partial charge in [0.1, 0.15) is 5.54 Å². The van der Waals surface area contributed by atoms with Gasteiger partial charge < -0.3 is 20.9 Å². The van der Waals surface area contributed by atoms with Crippen molar-refractivity contribution in [1.29, 1.82) is 0 Å². The van der Waals surface area contributed by atoms with Crippen LogP contribution in [-0.2, 0) is 14.4 Å². The molecule has 0 saturated carbocycles. The number of nitrogens with zero attached hydrogens (tertiary/aromatic N) is 3. The second kappa shape index (κ2) is 10.4. The quantitative estimate of drug-likeness (QED) is 0.614. The number of anilines is 2. The highest BCUT2D eigenvalue weighted by molar-refractivity contribution is 6.01. The number of para-hydroxylation sites is 2. The number of Topliss-reactive ketones (excluding diaryl/α,β-unsaturated/α-hetero) is 1. The highest BCUT2D eigenvalue weighted by atomic mass is 16.2. The first kappa shape index (κ1) is 26.7. The molecule has 8 heteroatoms. The topological polar surface area (TPSA) is 99.0 Å². The molecule has 0 radical (unpaired) electrons. The molecule has 3 aliphatic heterocycles. The lowest BCUT2D eigenvalue weighted by Crippen LogP contribution is -2.64. The van der Waals surface area contributed by atoms with Crippen molar-refractivity contribution < 1.29 is 14.4 Å². The van der Waals surface area contributed by atoms with Crippen LogP contribution in [0, 0.1) is 5.41 Å². The highest BCUT2D eigenvalue weighted by Crippen LogP contribution is 2.44. The number of rotatable bonds is 5. The van der Waals surface area contributed by atoms with Gasteiger partial charge in [0.25, 0.3) is 0 Å². The van der Waals surface area contributed by atoms with Crippen LogP contribution >= 0.6 is 0 Å². The van der Waals surface area contributed by atoms with Crippen LogP contribution in [0.25, 0.3) is 0 Å². The minimum Gasteiger partial charge on any atom is -0.368 e. The zero-order valence-electron chi connectivity index (χ0n) is 23.2. The average Bonchev–Trinajstić information content (AvgIpc) is 3.02. The molecule has 3 heterocycles. The van der Waals surface area contributed by atoms with Gasteiger partial charge in [-0.2, -0.15) is 0 Å². The molecule has 4 aliphatic rings. The number of allylic oxidation sites excluding steroid dienone is 1. The summed E-state index contributed by atoms with van der Waals surface area (Å²) >= 11 is 0. The molecule has 38 heavy (non-hydrogen) atoms. The number of nitrogens with two attached hydrogens (primary N) is 1. The van der Waals surface area contributed by atoms with E-state index in [9.17, 15) is 14.4 Å². The summed E-state index contributed by atoms with van der Waals surface area (Å²) in [4.78, 5) is 46.2. The molecule has 1 aromatic rings. The van der Waals surface area contributed by atoms with Crippen molar-refractivity contribution in [2.45, 2.75) is 83.7 Å². The van der Waals surface area contributed by atoms with Gasteiger partial charge in [0.15, 0.2) is 5.78 Å². The Labute approximate surface area is 226 Å². The van der Waals surface area contributed by atoms with Gasteiger partial charge in [-0.05, 0) is 69.2 Å². The Bertz CT molecular complexity index is 1130. The van der Waals surface area contributed by atoms with E-state index in [-0.39, 0.29) is 35.6 Å². The Kier molecular flexibility index (Phi) is 7.29. The van der Waals surface area contributed by atoms with Crippen LogP contribution < -0.4 is 16.0 Å². The van der Waals surface area contributed by atoms with Gasteiger partial charge >= 0.3 is 0 Å². The lowest BCUT2D eigenvalue weighted by atomic mass is 9.74. The second-order valence-electron chi connectivity index (χ2n) is 12.4. The zero-order chi connectivity index (χ0) is 27.1. The minimum absolute atomic E-state index is 0.0302. The number of likely N-dealkylation sites (tertiary alicyclic amines) is 2. The van der Waals surface area contributed by atoms with Crippen molar-refractivity contribution in [3.8, 4) is 0 Å². The molecule has 0 aromatic heterocycles. The molecule has 0 bridgehead atoms. The number of hydrogen-bond donors (Lipinski definition) is 2. The van der Waals surface area contributed by atoms with Gasteiger partial charge in [0, 0.05) is 30.8 Å². The molecule has 8 nitrogen and oxygen atoms in total. The van der Waals surface area contributed by atoms with E-state index in [2.05, 4.69) is 35.9 Å². The number of benzene rings is 1. The molecule has 0 spiro atoms. The number of carbonyl (C=O) groups excluding carboxylic acids is 3. The molecule has 2 amide bonds. The van der Waals surface area contributed by atoms with E-state index >= 15 is 0 Å². The number of carbonyl (C=O) groups is 3. The smallest absolute Gasteiger partial charge is 0.242 e. The van der Waals surface area contributed by atoms with Crippen LogP contribution in [0.15, 0.2) is 35.5 Å². The third-order valence-electron chi connectivity index (χ3n) is 9.18. The van der Waals surface area contributed by atoms with Crippen LogP contribution in [0.1, 0.15) is 72.1 Å². The molecule has 1 aromatic carbocycles. The first-order valence-electron chi connectivity index (χ1n) is 14.4. The Morgan fingerprint density at radius 3 is 2.37 bits per heavy atom. The number of fused-ring (bicyclic) bond motifs is 1. The third-order valence-corrected chi connectivity index (χ3v) is 9.18. The Balaban J connectivity index is 1.38. The van der Waals surface area contributed by atoms with Crippen molar-refractivity contribution in [1.82, 2.24) is 9.80 Å². The number of ketones is 1. The molecule has 1 aliphatic carbocycles. The van der Waals surface area contributed by atoms with E-state index in [4.69, 9.17) is 5.73 Å². The standard InChI is InChI=1S/C30H43N5O3/c1-4-23-27-22(18-29(2,3)19-25(27)36)32-21-10-6-7-11-24(21)35(23)20-26(37)33-16-12-30(13-17-33,28(31)38)34-14-8-5-9-15-34/h6-7,10-11,23,32H,4-5,8-9,12-20H2,1-3H3,(H2,31,38). The summed E-state index contributed by atoms with van der Waals surface area (Å²) in [7, 11) is 0. The summed E-state index contributed by atoms with van der Waals surface area (Å²) in [6.07, 6.45) is 6.57. The zero-order valence-corrected chi connectivity index (χ0v) is 23.2. The van der Waals surface area contributed by atoms with Gasteiger partial charge in [-0.25, -0.2) is 0 Å². The summed E-state index contributed by atoms with van der Waals surface area (Å²) in [5, 5.41) is 3.59. The highest BCUT2D eigenvalue weighted by Gasteiger charge is 2.46. The maximum atomic E-state index is 13.8. The van der Waals surface area contributed by atoms with Gasteiger partial charge in [-0.15, -0.1) is 0 Å². The summed E-state index contributed by atoms with van der Waals surface area (Å²) < 4.78 is 0. The Hall–Kier alpha value is -2.87. The number of nitrogens with one attached hydrogen (secondary N) is 1.